The van der Waals surface area contributed by atoms with Crippen LogP contribution in [0.2, 0.25) is 0 Å². The number of nitrogens with zero attached hydrogens (tertiary/aromatic N) is 6. The molecule has 1 aromatic carbocycles. The van der Waals surface area contributed by atoms with Crippen LogP contribution in [0.1, 0.15) is 5.69 Å². The SMILES string of the molecule is Cc1cc(N2CCOCC2)c(NC(=O)CN2CCN(CCSc3nc4ccccc4s3)CC2)c(N2CCOCC2)n1. The highest BCUT2D eigenvalue weighted by atomic mass is 32.2. The number of hydrogen-bond acceptors (Lipinski definition) is 11. The molecular formula is C29H39N7O3S2. The number of pyridine rings is 1. The van der Waals surface area contributed by atoms with Crippen LogP contribution < -0.4 is 15.1 Å². The number of thiazole rings is 1. The van der Waals surface area contributed by atoms with Crippen molar-refractivity contribution >= 4 is 56.4 Å². The molecule has 3 aromatic rings. The summed E-state index contributed by atoms with van der Waals surface area (Å²) < 4.78 is 13.6. The van der Waals surface area contributed by atoms with E-state index in [2.05, 4.69) is 49.2 Å². The summed E-state index contributed by atoms with van der Waals surface area (Å²) in [6, 6.07) is 10.4. The van der Waals surface area contributed by atoms with Crippen LogP contribution in [0.3, 0.4) is 0 Å². The van der Waals surface area contributed by atoms with Crippen molar-refractivity contribution in [2.24, 2.45) is 0 Å². The van der Waals surface area contributed by atoms with E-state index in [1.165, 1.54) is 4.70 Å². The Morgan fingerprint density at radius 1 is 0.927 bits per heavy atom. The van der Waals surface area contributed by atoms with Crippen LogP contribution >= 0.6 is 23.1 Å². The van der Waals surface area contributed by atoms with Gasteiger partial charge in [-0.3, -0.25) is 14.6 Å². The number of piperazine rings is 1. The molecule has 0 spiro atoms. The third-order valence-electron chi connectivity index (χ3n) is 7.77. The molecule has 0 unspecified atom stereocenters. The topological polar surface area (TPSA) is 86.3 Å². The summed E-state index contributed by atoms with van der Waals surface area (Å²) in [6.07, 6.45) is 0. The molecule has 0 saturated carbocycles. The van der Waals surface area contributed by atoms with Gasteiger partial charge in [0.05, 0.1) is 48.9 Å². The van der Waals surface area contributed by atoms with Crippen molar-refractivity contribution in [3.05, 3.63) is 36.0 Å². The van der Waals surface area contributed by atoms with E-state index in [0.717, 1.165) is 97.4 Å². The number of nitrogens with one attached hydrogen (secondary N) is 1. The van der Waals surface area contributed by atoms with E-state index in [1.54, 1.807) is 11.3 Å². The monoisotopic (exact) mass is 597 g/mol. The minimum Gasteiger partial charge on any atom is -0.378 e. The second-order valence-electron chi connectivity index (χ2n) is 10.6. The fourth-order valence-corrected chi connectivity index (χ4v) is 7.68. The molecule has 3 aliphatic rings. The number of benzene rings is 1. The molecule has 2 aromatic heterocycles. The Morgan fingerprint density at radius 2 is 1.61 bits per heavy atom. The largest absolute Gasteiger partial charge is 0.378 e. The van der Waals surface area contributed by atoms with Gasteiger partial charge in [0.2, 0.25) is 5.91 Å². The van der Waals surface area contributed by atoms with Gasteiger partial charge in [0.25, 0.3) is 0 Å². The second-order valence-corrected chi connectivity index (χ2v) is 13.0. The number of aryl methyl sites for hydroxylation is 1. The lowest BCUT2D eigenvalue weighted by Gasteiger charge is -2.36. The number of aromatic nitrogens is 2. The Bertz CT molecular complexity index is 1250. The van der Waals surface area contributed by atoms with Crippen LogP contribution in [0.5, 0.6) is 0 Å². The molecule has 5 heterocycles. The predicted molar refractivity (Wildman–Crippen MR) is 167 cm³/mol. The summed E-state index contributed by atoms with van der Waals surface area (Å²) in [6.45, 7) is 13.0. The van der Waals surface area contributed by atoms with Crippen LogP contribution in [0.25, 0.3) is 10.2 Å². The zero-order chi connectivity index (χ0) is 28.0. The van der Waals surface area contributed by atoms with E-state index in [4.69, 9.17) is 19.4 Å². The molecule has 12 heteroatoms. The standard InChI is InChI=1S/C29H39N7O3S2/c1-22-20-24(35-10-15-38-16-11-35)27(28(30-22)36-12-17-39-18-13-36)32-26(37)21-34-8-6-33(7-9-34)14-19-40-29-31-23-4-2-3-5-25(23)41-29/h2-5,20H,6-19,21H2,1H3,(H,32,37). The average Bonchev–Trinajstić information content (AvgIpc) is 3.42. The van der Waals surface area contributed by atoms with Gasteiger partial charge in [-0.2, -0.15) is 0 Å². The van der Waals surface area contributed by atoms with Gasteiger partial charge in [-0.05, 0) is 25.1 Å². The summed E-state index contributed by atoms with van der Waals surface area (Å²) in [5.41, 5.74) is 3.88. The van der Waals surface area contributed by atoms with Crippen LogP contribution in [0, 0.1) is 6.92 Å². The summed E-state index contributed by atoms with van der Waals surface area (Å²) in [4.78, 5) is 32.4. The van der Waals surface area contributed by atoms with Crippen molar-refractivity contribution in [2.75, 3.05) is 113 Å². The molecule has 220 valence electrons. The molecule has 3 saturated heterocycles. The Hall–Kier alpha value is -2.48. The molecule has 0 radical (unpaired) electrons. The first kappa shape index (κ1) is 28.6. The summed E-state index contributed by atoms with van der Waals surface area (Å²) >= 11 is 3.61. The fraction of sp³-hybridized carbons (Fsp3) is 0.552. The summed E-state index contributed by atoms with van der Waals surface area (Å²) in [5.74, 6) is 1.88. The Kier molecular flexibility index (Phi) is 9.54. The minimum absolute atomic E-state index is 0.0134. The third-order valence-corrected chi connectivity index (χ3v) is 9.93. The number of amides is 1. The van der Waals surface area contributed by atoms with Crippen molar-refractivity contribution in [3.8, 4) is 0 Å². The van der Waals surface area contributed by atoms with Crippen molar-refractivity contribution in [3.63, 3.8) is 0 Å². The van der Waals surface area contributed by atoms with Crippen LogP contribution in [0.15, 0.2) is 34.7 Å². The third kappa shape index (κ3) is 7.30. The number of rotatable bonds is 9. The van der Waals surface area contributed by atoms with Crippen molar-refractivity contribution < 1.29 is 14.3 Å². The zero-order valence-electron chi connectivity index (χ0n) is 23.7. The van der Waals surface area contributed by atoms with E-state index in [0.29, 0.717) is 33.0 Å². The van der Waals surface area contributed by atoms with E-state index in [-0.39, 0.29) is 5.91 Å². The first-order valence-electron chi connectivity index (χ1n) is 14.5. The molecule has 6 rings (SSSR count). The first-order valence-corrected chi connectivity index (χ1v) is 16.3. The number of anilines is 3. The van der Waals surface area contributed by atoms with Gasteiger partial charge < -0.3 is 24.6 Å². The normalized spacial score (nSPS) is 19.1. The molecule has 3 aliphatic heterocycles. The van der Waals surface area contributed by atoms with Gasteiger partial charge >= 0.3 is 0 Å². The molecular weight excluding hydrogens is 558 g/mol. The van der Waals surface area contributed by atoms with Crippen LogP contribution in [0.4, 0.5) is 17.2 Å². The predicted octanol–water partition coefficient (Wildman–Crippen LogP) is 3.02. The van der Waals surface area contributed by atoms with Crippen LogP contribution in [-0.4, -0.2) is 123 Å². The summed E-state index contributed by atoms with van der Waals surface area (Å²) in [7, 11) is 0. The number of carbonyl (C=O) groups is 1. The van der Waals surface area contributed by atoms with Gasteiger partial charge in [-0.15, -0.1) is 11.3 Å². The quantitative estimate of drug-likeness (QED) is 0.372. The number of para-hydroxylation sites is 1. The van der Waals surface area contributed by atoms with Gasteiger partial charge in [-0.25, -0.2) is 9.97 Å². The molecule has 10 nitrogen and oxygen atoms in total. The number of hydrogen-bond donors (Lipinski definition) is 1. The highest BCUT2D eigenvalue weighted by Gasteiger charge is 2.26. The lowest BCUT2D eigenvalue weighted by atomic mass is 10.2. The maximum atomic E-state index is 13.4. The molecule has 41 heavy (non-hydrogen) atoms. The van der Waals surface area contributed by atoms with E-state index < -0.39 is 0 Å². The van der Waals surface area contributed by atoms with Gasteiger partial charge in [0, 0.05) is 70.3 Å². The highest BCUT2D eigenvalue weighted by molar-refractivity contribution is 8.01. The molecule has 0 aliphatic carbocycles. The molecule has 0 atom stereocenters. The number of thioether (sulfide) groups is 1. The lowest BCUT2D eigenvalue weighted by molar-refractivity contribution is -0.117. The molecule has 0 bridgehead atoms. The Labute approximate surface area is 250 Å². The Morgan fingerprint density at radius 3 is 2.34 bits per heavy atom. The van der Waals surface area contributed by atoms with Gasteiger partial charge in [-0.1, -0.05) is 23.9 Å². The average molecular weight is 598 g/mol. The van der Waals surface area contributed by atoms with Crippen molar-refractivity contribution in [1.82, 2.24) is 19.8 Å². The Balaban J connectivity index is 1.04. The van der Waals surface area contributed by atoms with Gasteiger partial charge in [0.15, 0.2) is 10.2 Å². The van der Waals surface area contributed by atoms with E-state index in [1.807, 2.05) is 24.8 Å². The summed E-state index contributed by atoms with van der Waals surface area (Å²) in [5, 5.41) is 3.29. The lowest BCUT2D eigenvalue weighted by Crippen LogP contribution is -2.49. The zero-order valence-corrected chi connectivity index (χ0v) is 25.4. The highest BCUT2D eigenvalue weighted by Crippen LogP contribution is 2.36. The second kappa shape index (κ2) is 13.7. The van der Waals surface area contributed by atoms with Crippen molar-refractivity contribution in [1.29, 1.82) is 0 Å². The molecule has 3 fully saturated rings. The maximum absolute atomic E-state index is 13.4. The number of fused-ring (bicyclic) bond motifs is 1. The first-order chi connectivity index (χ1) is 20.1. The fourth-order valence-electron chi connectivity index (χ4n) is 5.55. The molecule has 1 amide bonds. The number of morpholine rings is 2. The van der Waals surface area contributed by atoms with Crippen molar-refractivity contribution in [2.45, 2.75) is 11.3 Å². The maximum Gasteiger partial charge on any atom is 0.238 e. The van der Waals surface area contributed by atoms with Crippen LogP contribution in [-0.2, 0) is 14.3 Å². The molecule has 1 N–H and O–H groups in total. The number of carbonyl (C=O) groups excluding carboxylic acids is 1. The van der Waals surface area contributed by atoms with E-state index in [9.17, 15) is 4.79 Å². The minimum atomic E-state index is 0.0134. The smallest absolute Gasteiger partial charge is 0.238 e. The van der Waals surface area contributed by atoms with Gasteiger partial charge in [0.1, 0.15) is 5.69 Å². The number of ether oxygens (including phenoxy) is 2. The van der Waals surface area contributed by atoms with E-state index >= 15 is 0 Å².